The summed E-state index contributed by atoms with van der Waals surface area (Å²) in [5, 5.41) is 3.60. The van der Waals surface area contributed by atoms with Gasteiger partial charge in [0.05, 0.1) is 0 Å². The molecule has 1 saturated carbocycles. The fourth-order valence-electron chi connectivity index (χ4n) is 2.90. The lowest BCUT2D eigenvalue weighted by Crippen LogP contribution is -2.42. The van der Waals surface area contributed by atoms with Gasteiger partial charge in [0, 0.05) is 19.1 Å². The summed E-state index contributed by atoms with van der Waals surface area (Å²) in [4.78, 5) is 2.59. The summed E-state index contributed by atoms with van der Waals surface area (Å²) in [6.45, 7) is 10.5. The maximum atomic E-state index is 3.60. The minimum absolute atomic E-state index is 0.717. The third-order valence-corrected chi connectivity index (χ3v) is 4.05. The molecule has 0 aromatic heterocycles. The molecule has 1 rings (SSSR count). The Morgan fingerprint density at radius 1 is 1.18 bits per heavy atom. The lowest BCUT2D eigenvalue weighted by molar-refractivity contribution is 0.196. The quantitative estimate of drug-likeness (QED) is 0.701. The van der Waals surface area contributed by atoms with Gasteiger partial charge in [0.2, 0.25) is 0 Å². The zero-order chi connectivity index (χ0) is 12.7. The molecule has 0 aromatic rings. The highest BCUT2D eigenvalue weighted by atomic mass is 15.1. The summed E-state index contributed by atoms with van der Waals surface area (Å²) in [6.07, 6.45) is 7.09. The van der Waals surface area contributed by atoms with E-state index in [0.29, 0.717) is 6.04 Å². The van der Waals surface area contributed by atoms with Crippen molar-refractivity contribution in [1.82, 2.24) is 10.2 Å². The van der Waals surface area contributed by atoms with Gasteiger partial charge in [-0.25, -0.2) is 0 Å². The van der Waals surface area contributed by atoms with E-state index in [-0.39, 0.29) is 0 Å². The predicted molar refractivity (Wildman–Crippen MR) is 76.4 cm³/mol. The van der Waals surface area contributed by atoms with Gasteiger partial charge in [-0.3, -0.25) is 0 Å². The van der Waals surface area contributed by atoms with E-state index < -0.39 is 0 Å². The third kappa shape index (κ3) is 5.87. The first-order valence-electron chi connectivity index (χ1n) is 7.54. The molecule has 1 atom stereocenters. The van der Waals surface area contributed by atoms with Crippen LogP contribution >= 0.6 is 0 Å². The largest absolute Gasteiger partial charge is 0.315 e. The number of likely N-dealkylation sites (N-methyl/N-ethyl adjacent to an activating group) is 1. The molecule has 0 bridgehead atoms. The van der Waals surface area contributed by atoms with Crippen LogP contribution in [0.15, 0.2) is 0 Å². The Morgan fingerprint density at radius 2 is 1.82 bits per heavy atom. The van der Waals surface area contributed by atoms with Crippen LogP contribution in [-0.2, 0) is 0 Å². The SMILES string of the molecule is CCC(CNCC(C)C)N(C)CC1CCCC1. The van der Waals surface area contributed by atoms with Crippen molar-refractivity contribution in [2.24, 2.45) is 11.8 Å². The van der Waals surface area contributed by atoms with Gasteiger partial charge in [-0.15, -0.1) is 0 Å². The molecule has 0 radical (unpaired) electrons. The second kappa shape index (κ2) is 8.10. The molecule has 0 amide bonds. The summed E-state index contributed by atoms with van der Waals surface area (Å²) < 4.78 is 0. The molecule has 0 aliphatic heterocycles. The van der Waals surface area contributed by atoms with Crippen molar-refractivity contribution in [1.29, 1.82) is 0 Å². The summed E-state index contributed by atoms with van der Waals surface area (Å²) in [7, 11) is 2.31. The molecular weight excluding hydrogens is 208 g/mol. The van der Waals surface area contributed by atoms with Gasteiger partial charge in [-0.05, 0) is 44.7 Å². The van der Waals surface area contributed by atoms with Gasteiger partial charge in [0.25, 0.3) is 0 Å². The molecule has 2 nitrogen and oxygen atoms in total. The summed E-state index contributed by atoms with van der Waals surface area (Å²) in [5.74, 6) is 1.73. The molecule has 17 heavy (non-hydrogen) atoms. The minimum Gasteiger partial charge on any atom is -0.315 e. The summed E-state index contributed by atoms with van der Waals surface area (Å²) in [6, 6.07) is 0.717. The number of hydrogen-bond acceptors (Lipinski definition) is 2. The van der Waals surface area contributed by atoms with E-state index in [0.717, 1.165) is 24.9 Å². The normalized spacial score (nSPS) is 19.4. The smallest absolute Gasteiger partial charge is 0.0215 e. The highest BCUT2D eigenvalue weighted by Gasteiger charge is 2.20. The average Bonchev–Trinajstić information content (AvgIpc) is 2.76. The second-order valence-electron chi connectivity index (χ2n) is 6.20. The standard InChI is InChI=1S/C15H32N2/c1-5-15(11-16-10-13(2)3)17(4)12-14-8-6-7-9-14/h13-16H,5-12H2,1-4H3. The Bertz CT molecular complexity index is 185. The Morgan fingerprint density at radius 3 is 2.35 bits per heavy atom. The van der Waals surface area contributed by atoms with Crippen LogP contribution in [0.3, 0.4) is 0 Å². The van der Waals surface area contributed by atoms with E-state index in [1.54, 1.807) is 0 Å². The molecule has 0 aromatic carbocycles. The number of hydrogen-bond donors (Lipinski definition) is 1. The van der Waals surface area contributed by atoms with Crippen molar-refractivity contribution in [3.05, 3.63) is 0 Å². The van der Waals surface area contributed by atoms with E-state index >= 15 is 0 Å². The third-order valence-electron chi connectivity index (χ3n) is 4.05. The topological polar surface area (TPSA) is 15.3 Å². The van der Waals surface area contributed by atoms with E-state index in [1.165, 1.54) is 38.6 Å². The Hall–Kier alpha value is -0.0800. The van der Waals surface area contributed by atoms with Crippen molar-refractivity contribution >= 4 is 0 Å². The van der Waals surface area contributed by atoms with Gasteiger partial charge in [0.1, 0.15) is 0 Å². The maximum Gasteiger partial charge on any atom is 0.0215 e. The predicted octanol–water partition coefficient (Wildman–Crippen LogP) is 3.13. The first kappa shape index (κ1) is 15.0. The van der Waals surface area contributed by atoms with Crippen molar-refractivity contribution in [3.8, 4) is 0 Å². The molecule has 0 spiro atoms. The van der Waals surface area contributed by atoms with Crippen LogP contribution in [0, 0.1) is 11.8 Å². The fourth-order valence-corrected chi connectivity index (χ4v) is 2.90. The monoisotopic (exact) mass is 240 g/mol. The molecule has 1 aliphatic carbocycles. The van der Waals surface area contributed by atoms with E-state index in [1.807, 2.05) is 0 Å². The first-order valence-corrected chi connectivity index (χ1v) is 7.54. The minimum atomic E-state index is 0.717. The zero-order valence-electron chi connectivity index (χ0n) is 12.3. The number of nitrogens with one attached hydrogen (secondary N) is 1. The highest BCUT2D eigenvalue weighted by Crippen LogP contribution is 2.25. The van der Waals surface area contributed by atoms with E-state index in [2.05, 4.69) is 38.0 Å². The van der Waals surface area contributed by atoms with Crippen LogP contribution in [0.4, 0.5) is 0 Å². The molecule has 1 fully saturated rings. The number of rotatable bonds is 8. The van der Waals surface area contributed by atoms with E-state index in [9.17, 15) is 0 Å². The molecule has 2 heteroatoms. The summed E-state index contributed by atoms with van der Waals surface area (Å²) >= 11 is 0. The molecule has 102 valence electrons. The van der Waals surface area contributed by atoms with Gasteiger partial charge < -0.3 is 10.2 Å². The zero-order valence-corrected chi connectivity index (χ0v) is 12.3. The Labute approximate surface area is 108 Å². The number of nitrogens with zero attached hydrogens (tertiary/aromatic N) is 1. The van der Waals surface area contributed by atoms with Gasteiger partial charge in [-0.2, -0.15) is 0 Å². The van der Waals surface area contributed by atoms with Crippen LogP contribution < -0.4 is 5.32 Å². The van der Waals surface area contributed by atoms with Gasteiger partial charge >= 0.3 is 0 Å². The van der Waals surface area contributed by atoms with Crippen molar-refractivity contribution in [3.63, 3.8) is 0 Å². The van der Waals surface area contributed by atoms with Crippen LogP contribution in [0.2, 0.25) is 0 Å². The molecule has 1 N–H and O–H groups in total. The van der Waals surface area contributed by atoms with Crippen molar-refractivity contribution < 1.29 is 0 Å². The van der Waals surface area contributed by atoms with Gasteiger partial charge in [0.15, 0.2) is 0 Å². The molecule has 1 aliphatic rings. The molecule has 0 heterocycles. The van der Waals surface area contributed by atoms with Crippen LogP contribution in [0.5, 0.6) is 0 Å². The first-order chi connectivity index (χ1) is 8.13. The van der Waals surface area contributed by atoms with Crippen LogP contribution in [0.25, 0.3) is 0 Å². The maximum absolute atomic E-state index is 3.60. The molecular formula is C15H32N2. The van der Waals surface area contributed by atoms with Gasteiger partial charge in [-0.1, -0.05) is 33.6 Å². The molecule has 1 unspecified atom stereocenters. The lowest BCUT2D eigenvalue weighted by Gasteiger charge is -2.30. The Kier molecular flexibility index (Phi) is 7.14. The van der Waals surface area contributed by atoms with Crippen molar-refractivity contribution in [2.75, 3.05) is 26.7 Å². The Balaban J connectivity index is 2.22. The second-order valence-corrected chi connectivity index (χ2v) is 6.20. The molecule has 0 saturated heterocycles. The van der Waals surface area contributed by atoms with Crippen LogP contribution in [-0.4, -0.2) is 37.6 Å². The highest BCUT2D eigenvalue weighted by molar-refractivity contribution is 4.76. The lowest BCUT2D eigenvalue weighted by atomic mass is 10.1. The fraction of sp³-hybridized carbons (Fsp3) is 1.00. The van der Waals surface area contributed by atoms with E-state index in [4.69, 9.17) is 0 Å². The van der Waals surface area contributed by atoms with Crippen molar-refractivity contribution in [2.45, 2.75) is 58.9 Å². The summed E-state index contributed by atoms with van der Waals surface area (Å²) in [5.41, 5.74) is 0. The van der Waals surface area contributed by atoms with Crippen LogP contribution in [0.1, 0.15) is 52.9 Å². The average molecular weight is 240 g/mol.